The van der Waals surface area contributed by atoms with E-state index in [4.69, 9.17) is 0 Å². The molecule has 0 aliphatic heterocycles. The van der Waals surface area contributed by atoms with Gasteiger partial charge in [0.1, 0.15) is 6.17 Å². The molecule has 3 rings (SSSR count). The molecule has 1 aromatic rings. The van der Waals surface area contributed by atoms with E-state index in [9.17, 15) is 26.3 Å². The Balaban J connectivity index is 0.000000258. The Morgan fingerprint density at radius 3 is 2.00 bits per heavy atom. The molecule has 2 fully saturated rings. The van der Waals surface area contributed by atoms with Gasteiger partial charge < -0.3 is 4.74 Å². The zero-order valence-electron chi connectivity index (χ0n) is 18.9. The molecule has 0 saturated heterocycles. The van der Waals surface area contributed by atoms with E-state index in [-0.39, 0.29) is 12.6 Å². The molecule has 0 N–H and O–H groups in total. The zero-order chi connectivity index (χ0) is 23.6. The highest BCUT2D eigenvalue weighted by atomic mass is 19.4. The largest absolute Gasteiger partial charge is 0.481 e. The molecule has 0 unspecified atom stereocenters. The summed E-state index contributed by atoms with van der Waals surface area (Å²) in [6, 6.07) is 3.95. The monoisotopic (exact) mass is 466 g/mol. The number of ether oxygens (including phenoxy) is 1. The van der Waals surface area contributed by atoms with Gasteiger partial charge in [-0.05, 0) is 67.6 Å². The first-order valence-electron chi connectivity index (χ1n) is 11.9. The summed E-state index contributed by atoms with van der Waals surface area (Å²) in [6.45, 7) is 0.632. The van der Waals surface area contributed by atoms with Crippen molar-refractivity contribution in [3.8, 4) is 5.75 Å². The van der Waals surface area contributed by atoms with E-state index < -0.39 is 30.5 Å². The smallest absolute Gasteiger partial charge is 0.422 e. The summed E-state index contributed by atoms with van der Waals surface area (Å²) in [4.78, 5) is 0. The standard InChI is InChI=1S/C14H15F5O.C11H21F/c15-11-4-1-9(2-5-11)10-3-6-13(12(16)7-10)20-8-14(17,18)19;1-2-3-10-4-6-11(7-5-10)8-9-12/h3,6-7,9,11H,1-2,4-5,8H2;10-11H,2-9H2,1H3. The van der Waals surface area contributed by atoms with Gasteiger partial charge in [0.25, 0.3) is 0 Å². The van der Waals surface area contributed by atoms with Crippen LogP contribution in [0.3, 0.4) is 0 Å². The molecule has 7 heteroatoms. The summed E-state index contributed by atoms with van der Waals surface area (Å²) in [7, 11) is 0. The van der Waals surface area contributed by atoms with Crippen molar-refractivity contribution in [2.45, 2.75) is 95.8 Å². The van der Waals surface area contributed by atoms with E-state index in [2.05, 4.69) is 11.7 Å². The molecule has 2 aliphatic rings. The Morgan fingerprint density at radius 1 is 0.906 bits per heavy atom. The van der Waals surface area contributed by atoms with Gasteiger partial charge in [-0.15, -0.1) is 0 Å². The Bertz CT molecular complexity index is 632. The van der Waals surface area contributed by atoms with Crippen molar-refractivity contribution in [3.05, 3.63) is 29.6 Å². The van der Waals surface area contributed by atoms with Crippen molar-refractivity contribution in [3.63, 3.8) is 0 Å². The second kappa shape index (κ2) is 13.3. The summed E-state index contributed by atoms with van der Waals surface area (Å²) >= 11 is 0. The molecule has 0 amide bonds. The Labute approximate surface area is 187 Å². The fourth-order valence-electron chi connectivity index (χ4n) is 4.81. The molecular weight excluding hydrogens is 430 g/mol. The highest BCUT2D eigenvalue weighted by Crippen LogP contribution is 2.36. The van der Waals surface area contributed by atoms with Crippen LogP contribution >= 0.6 is 0 Å². The van der Waals surface area contributed by atoms with Crippen LogP contribution in [0.25, 0.3) is 0 Å². The lowest BCUT2D eigenvalue weighted by Gasteiger charge is -2.27. The van der Waals surface area contributed by atoms with Crippen LogP contribution in [0.4, 0.5) is 26.3 Å². The van der Waals surface area contributed by atoms with Crippen LogP contribution in [0.5, 0.6) is 5.75 Å². The fourth-order valence-corrected chi connectivity index (χ4v) is 4.81. The highest BCUT2D eigenvalue weighted by molar-refractivity contribution is 5.31. The summed E-state index contributed by atoms with van der Waals surface area (Å²) in [5, 5.41) is 0. The zero-order valence-corrected chi connectivity index (χ0v) is 18.9. The quantitative estimate of drug-likeness (QED) is 0.365. The lowest BCUT2D eigenvalue weighted by Crippen LogP contribution is -2.19. The molecule has 2 saturated carbocycles. The maximum absolute atomic E-state index is 13.7. The molecule has 0 bridgehead atoms. The third kappa shape index (κ3) is 9.62. The van der Waals surface area contributed by atoms with Crippen molar-refractivity contribution in [1.82, 2.24) is 0 Å². The van der Waals surface area contributed by atoms with Crippen molar-refractivity contribution < 1.29 is 31.1 Å². The van der Waals surface area contributed by atoms with Gasteiger partial charge in [-0.3, -0.25) is 4.39 Å². The SMILES string of the molecule is CCCC1CCC(CCF)CC1.Fc1cc(C2CCC(F)CC2)ccc1OCC(F)(F)F. The Hall–Kier alpha value is -1.40. The number of alkyl halides is 5. The molecule has 1 nitrogen and oxygen atoms in total. The number of rotatable bonds is 7. The van der Waals surface area contributed by atoms with E-state index in [1.165, 1.54) is 50.7 Å². The average molecular weight is 467 g/mol. The van der Waals surface area contributed by atoms with Gasteiger partial charge in [-0.1, -0.05) is 51.5 Å². The average Bonchev–Trinajstić information content (AvgIpc) is 2.75. The van der Waals surface area contributed by atoms with Crippen LogP contribution in [0.1, 0.15) is 89.0 Å². The first-order chi connectivity index (χ1) is 15.2. The Morgan fingerprint density at radius 2 is 1.50 bits per heavy atom. The first kappa shape index (κ1) is 26.8. The van der Waals surface area contributed by atoms with Crippen molar-refractivity contribution in [2.75, 3.05) is 13.3 Å². The minimum Gasteiger partial charge on any atom is -0.481 e. The van der Waals surface area contributed by atoms with Crippen molar-refractivity contribution in [2.24, 2.45) is 11.8 Å². The van der Waals surface area contributed by atoms with Crippen LogP contribution in [-0.2, 0) is 0 Å². The van der Waals surface area contributed by atoms with Crippen molar-refractivity contribution in [1.29, 1.82) is 0 Å². The third-order valence-electron chi connectivity index (χ3n) is 6.66. The second-order valence-electron chi connectivity index (χ2n) is 9.20. The normalized spacial score (nSPS) is 26.2. The minimum atomic E-state index is -4.50. The van der Waals surface area contributed by atoms with Gasteiger partial charge in [0.15, 0.2) is 18.2 Å². The maximum atomic E-state index is 13.7. The van der Waals surface area contributed by atoms with E-state index >= 15 is 0 Å². The number of benzene rings is 1. The lowest BCUT2D eigenvalue weighted by atomic mass is 9.79. The van der Waals surface area contributed by atoms with Crippen LogP contribution in [0, 0.1) is 17.7 Å². The van der Waals surface area contributed by atoms with Crippen LogP contribution < -0.4 is 4.74 Å². The van der Waals surface area contributed by atoms with E-state index in [1.807, 2.05) is 0 Å². The minimum absolute atomic E-state index is 0.0631. The molecule has 0 atom stereocenters. The van der Waals surface area contributed by atoms with Gasteiger partial charge in [-0.25, -0.2) is 8.78 Å². The van der Waals surface area contributed by atoms with Crippen molar-refractivity contribution >= 4 is 0 Å². The van der Waals surface area contributed by atoms with Crippen LogP contribution in [0.2, 0.25) is 0 Å². The molecule has 0 spiro atoms. The maximum Gasteiger partial charge on any atom is 0.422 e. The number of hydrogen-bond donors (Lipinski definition) is 0. The van der Waals surface area contributed by atoms with Gasteiger partial charge in [0, 0.05) is 0 Å². The molecule has 0 heterocycles. The third-order valence-corrected chi connectivity index (χ3v) is 6.66. The molecule has 32 heavy (non-hydrogen) atoms. The molecule has 0 radical (unpaired) electrons. The summed E-state index contributed by atoms with van der Waals surface area (Å²) in [5.41, 5.74) is 0.689. The molecular formula is C25H36F6O. The van der Waals surface area contributed by atoms with Gasteiger partial charge in [0.05, 0.1) is 6.67 Å². The van der Waals surface area contributed by atoms with Gasteiger partial charge in [-0.2, -0.15) is 13.2 Å². The fraction of sp³-hybridized carbons (Fsp3) is 0.760. The summed E-state index contributed by atoms with van der Waals surface area (Å²) < 4.78 is 79.1. The van der Waals surface area contributed by atoms with E-state index in [1.54, 1.807) is 6.07 Å². The Kier molecular flexibility index (Phi) is 11.2. The highest BCUT2D eigenvalue weighted by Gasteiger charge is 2.29. The number of hydrogen-bond acceptors (Lipinski definition) is 1. The second-order valence-corrected chi connectivity index (χ2v) is 9.20. The predicted molar refractivity (Wildman–Crippen MR) is 115 cm³/mol. The molecule has 2 aliphatic carbocycles. The topological polar surface area (TPSA) is 9.23 Å². The summed E-state index contributed by atoms with van der Waals surface area (Å²) in [5.74, 6) is 0.515. The van der Waals surface area contributed by atoms with Crippen LogP contribution in [-0.4, -0.2) is 25.6 Å². The molecule has 0 aromatic heterocycles. The van der Waals surface area contributed by atoms with E-state index in [0.717, 1.165) is 12.3 Å². The molecule has 184 valence electrons. The molecule has 1 aromatic carbocycles. The first-order valence-corrected chi connectivity index (χ1v) is 11.9. The van der Waals surface area contributed by atoms with Crippen LogP contribution in [0.15, 0.2) is 18.2 Å². The predicted octanol–water partition coefficient (Wildman–Crippen LogP) is 8.72. The van der Waals surface area contributed by atoms with Gasteiger partial charge in [0.2, 0.25) is 0 Å². The van der Waals surface area contributed by atoms with E-state index in [0.29, 0.717) is 37.2 Å². The lowest BCUT2D eigenvalue weighted by molar-refractivity contribution is -0.153. The van der Waals surface area contributed by atoms with Gasteiger partial charge >= 0.3 is 6.18 Å². The summed E-state index contributed by atoms with van der Waals surface area (Å²) in [6.07, 6.45) is 5.67. The number of halogens is 6.